The molecule has 1 aromatic heterocycles. The molecule has 0 saturated carbocycles. The minimum Gasteiger partial charge on any atom is -0.481 e. The fourth-order valence-electron chi connectivity index (χ4n) is 4.40. The van der Waals surface area contributed by atoms with Gasteiger partial charge in [0.15, 0.2) is 0 Å². The van der Waals surface area contributed by atoms with Crippen molar-refractivity contribution in [2.75, 3.05) is 0 Å². The number of aromatic nitrogens is 1. The van der Waals surface area contributed by atoms with E-state index in [4.69, 9.17) is 0 Å². The molecule has 4 nitrogen and oxygen atoms in total. The molecule has 1 aliphatic carbocycles. The molecule has 2 atom stereocenters. The average Bonchev–Trinajstić information content (AvgIpc) is 3.09. The van der Waals surface area contributed by atoms with Crippen LogP contribution in [0.1, 0.15) is 43.3 Å². The number of rotatable bonds is 5. The molecule has 0 saturated heterocycles. The van der Waals surface area contributed by atoms with Crippen LogP contribution in [0.25, 0.3) is 0 Å². The number of aliphatic hydroxyl groups is 1. The Bertz CT molecular complexity index is 823. The SMILES string of the molecule is Cc1ccc(C)n1C1C=C(Cc2ccccc2)C(C(=O)O)(C(C)(C)O)C1. The second-order valence-corrected chi connectivity index (χ2v) is 7.88. The van der Waals surface area contributed by atoms with Gasteiger partial charge in [-0.1, -0.05) is 36.4 Å². The number of carboxylic acid groups (broad SMARTS) is 1. The number of aryl methyl sites for hydroxylation is 2. The van der Waals surface area contributed by atoms with Gasteiger partial charge < -0.3 is 14.8 Å². The number of allylic oxidation sites excluding steroid dienone is 1. The zero-order valence-corrected chi connectivity index (χ0v) is 15.9. The lowest BCUT2D eigenvalue weighted by atomic mass is 9.67. The summed E-state index contributed by atoms with van der Waals surface area (Å²) in [5, 5.41) is 21.1. The highest BCUT2D eigenvalue weighted by atomic mass is 16.4. The normalized spacial score (nSPS) is 23.1. The van der Waals surface area contributed by atoms with Gasteiger partial charge in [0.2, 0.25) is 0 Å². The fourth-order valence-corrected chi connectivity index (χ4v) is 4.40. The Kier molecular flexibility index (Phi) is 4.57. The molecule has 138 valence electrons. The van der Waals surface area contributed by atoms with Crippen LogP contribution < -0.4 is 0 Å². The molecule has 0 spiro atoms. The maximum Gasteiger partial charge on any atom is 0.316 e. The van der Waals surface area contributed by atoms with Crippen LogP contribution in [0, 0.1) is 19.3 Å². The smallest absolute Gasteiger partial charge is 0.316 e. The predicted molar refractivity (Wildman–Crippen MR) is 102 cm³/mol. The Balaban J connectivity index is 2.12. The molecule has 0 radical (unpaired) electrons. The van der Waals surface area contributed by atoms with Gasteiger partial charge in [-0.3, -0.25) is 4.79 Å². The number of nitrogens with zero attached hydrogens (tertiary/aromatic N) is 1. The first kappa shape index (κ1) is 18.5. The molecule has 26 heavy (non-hydrogen) atoms. The zero-order valence-electron chi connectivity index (χ0n) is 15.9. The van der Waals surface area contributed by atoms with Crippen molar-refractivity contribution in [3.63, 3.8) is 0 Å². The van der Waals surface area contributed by atoms with Gasteiger partial charge in [0.05, 0.1) is 11.6 Å². The highest BCUT2D eigenvalue weighted by Crippen LogP contribution is 2.52. The number of carboxylic acids is 1. The molecule has 1 aromatic carbocycles. The van der Waals surface area contributed by atoms with Gasteiger partial charge in [-0.25, -0.2) is 0 Å². The molecule has 0 aliphatic heterocycles. The van der Waals surface area contributed by atoms with E-state index in [1.165, 1.54) is 0 Å². The summed E-state index contributed by atoms with van der Waals surface area (Å²) < 4.78 is 2.17. The maximum absolute atomic E-state index is 12.4. The summed E-state index contributed by atoms with van der Waals surface area (Å²) in [6.07, 6.45) is 2.93. The molecule has 4 heteroatoms. The largest absolute Gasteiger partial charge is 0.481 e. The van der Waals surface area contributed by atoms with Crippen LogP contribution in [0.5, 0.6) is 0 Å². The minimum atomic E-state index is -1.37. The molecule has 2 N–H and O–H groups in total. The average molecular weight is 353 g/mol. The van der Waals surface area contributed by atoms with Crippen LogP contribution in [0.15, 0.2) is 54.1 Å². The Morgan fingerprint density at radius 1 is 1.15 bits per heavy atom. The first-order chi connectivity index (χ1) is 12.2. The lowest BCUT2D eigenvalue weighted by Crippen LogP contribution is -2.50. The summed E-state index contributed by atoms with van der Waals surface area (Å²) in [6, 6.07) is 13.9. The standard InChI is InChI=1S/C22H27NO3/c1-15-10-11-16(2)23(15)19-13-18(12-17-8-6-5-7-9-17)22(14-19,20(24)25)21(3,4)26/h5-11,13,19,26H,12,14H2,1-4H3,(H,24,25). The second-order valence-electron chi connectivity index (χ2n) is 7.88. The molecule has 1 aliphatic rings. The Hall–Kier alpha value is -2.33. The third kappa shape index (κ3) is 2.88. The number of aliphatic carboxylic acids is 1. The Morgan fingerprint density at radius 3 is 2.23 bits per heavy atom. The third-order valence-corrected chi connectivity index (χ3v) is 5.76. The van der Waals surface area contributed by atoms with Gasteiger partial charge in [-0.05, 0) is 63.8 Å². The molecule has 2 aromatic rings. The van der Waals surface area contributed by atoms with Crippen molar-refractivity contribution in [1.82, 2.24) is 4.57 Å². The van der Waals surface area contributed by atoms with E-state index in [1.807, 2.05) is 56.3 Å². The molecule has 1 heterocycles. The molecule has 2 unspecified atom stereocenters. The van der Waals surface area contributed by atoms with Crippen molar-refractivity contribution in [2.24, 2.45) is 5.41 Å². The van der Waals surface area contributed by atoms with Crippen molar-refractivity contribution >= 4 is 5.97 Å². The van der Waals surface area contributed by atoms with E-state index >= 15 is 0 Å². The molecule has 0 amide bonds. The van der Waals surface area contributed by atoms with Crippen LogP contribution >= 0.6 is 0 Å². The molecular weight excluding hydrogens is 326 g/mol. The van der Waals surface area contributed by atoms with E-state index in [0.717, 1.165) is 22.5 Å². The Morgan fingerprint density at radius 2 is 1.73 bits per heavy atom. The van der Waals surface area contributed by atoms with Crippen molar-refractivity contribution in [3.8, 4) is 0 Å². The topological polar surface area (TPSA) is 62.5 Å². The summed E-state index contributed by atoms with van der Waals surface area (Å²) in [5.74, 6) is -0.961. The molecule has 3 rings (SSSR count). The van der Waals surface area contributed by atoms with Crippen LogP contribution in [-0.2, 0) is 11.2 Å². The van der Waals surface area contributed by atoms with Gasteiger partial charge in [0.1, 0.15) is 5.41 Å². The molecule has 0 bridgehead atoms. The third-order valence-electron chi connectivity index (χ3n) is 5.76. The highest BCUT2D eigenvalue weighted by molar-refractivity contribution is 5.81. The summed E-state index contributed by atoms with van der Waals surface area (Å²) in [4.78, 5) is 12.4. The minimum absolute atomic E-state index is 0.0776. The number of carbonyl (C=O) groups is 1. The van der Waals surface area contributed by atoms with Gasteiger partial charge in [0.25, 0.3) is 0 Å². The highest BCUT2D eigenvalue weighted by Gasteiger charge is 2.57. The quantitative estimate of drug-likeness (QED) is 0.797. The number of hydrogen-bond acceptors (Lipinski definition) is 2. The Labute approximate surface area is 154 Å². The van der Waals surface area contributed by atoms with Gasteiger partial charge in [0, 0.05) is 11.4 Å². The van der Waals surface area contributed by atoms with E-state index in [9.17, 15) is 15.0 Å². The summed E-state index contributed by atoms with van der Waals surface area (Å²) in [7, 11) is 0. The first-order valence-electron chi connectivity index (χ1n) is 9.02. The van der Waals surface area contributed by atoms with Crippen molar-refractivity contribution in [3.05, 3.63) is 71.1 Å². The van der Waals surface area contributed by atoms with E-state index in [0.29, 0.717) is 12.8 Å². The van der Waals surface area contributed by atoms with Gasteiger partial charge >= 0.3 is 5.97 Å². The van der Waals surface area contributed by atoms with Crippen LogP contribution in [-0.4, -0.2) is 26.4 Å². The van der Waals surface area contributed by atoms with Gasteiger partial charge in [-0.15, -0.1) is 0 Å². The van der Waals surface area contributed by atoms with E-state index < -0.39 is 17.0 Å². The summed E-state index contributed by atoms with van der Waals surface area (Å²) in [5.41, 5.74) is 1.34. The van der Waals surface area contributed by atoms with Crippen molar-refractivity contribution in [2.45, 2.75) is 52.2 Å². The van der Waals surface area contributed by atoms with Crippen LogP contribution in [0.4, 0.5) is 0 Å². The van der Waals surface area contributed by atoms with Crippen molar-refractivity contribution in [1.29, 1.82) is 0 Å². The van der Waals surface area contributed by atoms with E-state index in [-0.39, 0.29) is 6.04 Å². The lowest BCUT2D eigenvalue weighted by molar-refractivity contribution is -0.160. The maximum atomic E-state index is 12.4. The van der Waals surface area contributed by atoms with E-state index in [2.05, 4.69) is 10.6 Å². The second kappa shape index (κ2) is 6.44. The van der Waals surface area contributed by atoms with Crippen LogP contribution in [0.3, 0.4) is 0 Å². The summed E-state index contributed by atoms with van der Waals surface area (Å²) in [6.45, 7) is 7.28. The summed E-state index contributed by atoms with van der Waals surface area (Å²) >= 11 is 0. The number of hydrogen-bond donors (Lipinski definition) is 2. The predicted octanol–water partition coefficient (Wildman–Crippen LogP) is 4.06. The molecular formula is C22H27NO3. The molecule has 0 fully saturated rings. The monoisotopic (exact) mass is 353 g/mol. The van der Waals surface area contributed by atoms with Crippen LogP contribution in [0.2, 0.25) is 0 Å². The fraction of sp³-hybridized carbons (Fsp3) is 0.409. The first-order valence-corrected chi connectivity index (χ1v) is 9.02. The zero-order chi connectivity index (χ0) is 19.1. The van der Waals surface area contributed by atoms with Gasteiger partial charge in [-0.2, -0.15) is 0 Å². The van der Waals surface area contributed by atoms with E-state index in [1.54, 1.807) is 13.8 Å². The lowest BCUT2D eigenvalue weighted by Gasteiger charge is -2.39. The van der Waals surface area contributed by atoms with Crippen molar-refractivity contribution < 1.29 is 15.0 Å². The number of benzene rings is 1.